The van der Waals surface area contributed by atoms with E-state index in [1.54, 1.807) is 6.33 Å². The molecule has 0 amide bonds. The fourth-order valence-corrected chi connectivity index (χ4v) is 2.59. The molecule has 1 aliphatic carbocycles. The maximum Gasteiger partial charge on any atom is 0.132 e. The fourth-order valence-electron chi connectivity index (χ4n) is 2.59. The van der Waals surface area contributed by atoms with E-state index < -0.39 is 0 Å². The van der Waals surface area contributed by atoms with Gasteiger partial charge in [0.2, 0.25) is 0 Å². The van der Waals surface area contributed by atoms with Crippen LogP contribution in [0.15, 0.2) is 12.4 Å². The molecule has 2 heterocycles. The van der Waals surface area contributed by atoms with E-state index in [1.807, 2.05) is 0 Å². The number of aromatic nitrogens is 2. The molecule has 1 saturated carbocycles. The summed E-state index contributed by atoms with van der Waals surface area (Å²) in [5.41, 5.74) is 7.16. The number of anilines is 1. The van der Waals surface area contributed by atoms with Crippen molar-refractivity contribution < 1.29 is 0 Å². The molecule has 4 heteroatoms. The van der Waals surface area contributed by atoms with E-state index in [0.29, 0.717) is 12.0 Å². The summed E-state index contributed by atoms with van der Waals surface area (Å²) in [6, 6.07) is 2.56. The number of hydrogen-bond donors (Lipinski definition) is 1. The summed E-state index contributed by atoms with van der Waals surface area (Å²) in [6.07, 6.45) is 7.80. The van der Waals surface area contributed by atoms with Gasteiger partial charge in [-0.05, 0) is 25.7 Å². The molecule has 2 aliphatic rings. The van der Waals surface area contributed by atoms with Crippen molar-refractivity contribution in [2.45, 2.75) is 44.1 Å². The van der Waals surface area contributed by atoms with E-state index in [1.165, 1.54) is 25.0 Å². The summed E-state index contributed by atoms with van der Waals surface area (Å²) in [6.45, 7) is 2.06. The van der Waals surface area contributed by atoms with Gasteiger partial charge in [0, 0.05) is 36.8 Å². The zero-order valence-electron chi connectivity index (χ0n) is 10.2. The van der Waals surface area contributed by atoms with Crippen LogP contribution in [0.3, 0.4) is 0 Å². The first-order valence-electron chi connectivity index (χ1n) is 6.65. The predicted molar refractivity (Wildman–Crippen MR) is 68.0 cm³/mol. The van der Waals surface area contributed by atoms with E-state index >= 15 is 0 Å². The van der Waals surface area contributed by atoms with Gasteiger partial charge in [0.25, 0.3) is 0 Å². The average Bonchev–Trinajstić information content (AvgIpc) is 2.28. The van der Waals surface area contributed by atoms with Crippen LogP contribution in [0.5, 0.6) is 0 Å². The molecule has 92 valence electrons. The van der Waals surface area contributed by atoms with Gasteiger partial charge < -0.3 is 10.6 Å². The third kappa shape index (κ3) is 2.27. The standard InChI is InChI=1S/C13H20N4/c14-11-4-6-17(7-5-11)13-8-12(15-9-16-13)10-2-1-3-10/h8-11H,1-7,14H2. The zero-order chi connectivity index (χ0) is 11.7. The molecule has 1 aromatic heterocycles. The smallest absolute Gasteiger partial charge is 0.132 e. The average molecular weight is 232 g/mol. The van der Waals surface area contributed by atoms with Gasteiger partial charge in [0.05, 0.1) is 0 Å². The molecule has 0 bridgehead atoms. The Labute approximate surface area is 102 Å². The van der Waals surface area contributed by atoms with Crippen LogP contribution in [0.2, 0.25) is 0 Å². The van der Waals surface area contributed by atoms with E-state index in [-0.39, 0.29) is 0 Å². The summed E-state index contributed by atoms with van der Waals surface area (Å²) >= 11 is 0. The lowest BCUT2D eigenvalue weighted by atomic mass is 9.83. The highest BCUT2D eigenvalue weighted by atomic mass is 15.2. The van der Waals surface area contributed by atoms with E-state index in [2.05, 4.69) is 20.9 Å². The first kappa shape index (κ1) is 11.0. The number of nitrogens with two attached hydrogens (primary N) is 1. The van der Waals surface area contributed by atoms with Crippen molar-refractivity contribution in [3.05, 3.63) is 18.1 Å². The van der Waals surface area contributed by atoms with Crippen LogP contribution in [-0.4, -0.2) is 29.1 Å². The van der Waals surface area contributed by atoms with Gasteiger partial charge in [-0.25, -0.2) is 9.97 Å². The van der Waals surface area contributed by atoms with Crippen LogP contribution in [0.1, 0.15) is 43.7 Å². The Morgan fingerprint density at radius 2 is 1.88 bits per heavy atom. The summed E-state index contributed by atoms with van der Waals surface area (Å²) in [7, 11) is 0. The van der Waals surface area contributed by atoms with Crippen LogP contribution in [0.25, 0.3) is 0 Å². The lowest BCUT2D eigenvalue weighted by Crippen LogP contribution is -2.40. The van der Waals surface area contributed by atoms with Gasteiger partial charge in [-0.1, -0.05) is 6.42 Å². The summed E-state index contributed by atoms with van der Waals surface area (Å²) in [5, 5.41) is 0. The molecule has 2 N–H and O–H groups in total. The van der Waals surface area contributed by atoms with Crippen molar-refractivity contribution in [3.63, 3.8) is 0 Å². The fraction of sp³-hybridized carbons (Fsp3) is 0.692. The van der Waals surface area contributed by atoms with Gasteiger partial charge in [0.15, 0.2) is 0 Å². The van der Waals surface area contributed by atoms with Crippen LogP contribution < -0.4 is 10.6 Å². The molecular formula is C13H20N4. The Morgan fingerprint density at radius 3 is 2.53 bits per heavy atom. The molecule has 1 aromatic rings. The van der Waals surface area contributed by atoms with Gasteiger partial charge in [-0.3, -0.25) is 0 Å². The Kier molecular flexibility index (Phi) is 2.97. The van der Waals surface area contributed by atoms with E-state index in [0.717, 1.165) is 31.7 Å². The minimum atomic E-state index is 0.374. The molecule has 2 fully saturated rings. The predicted octanol–water partition coefficient (Wildman–Crippen LogP) is 1.67. The van der Waals surface area contributed by atoms with Gasteiger partial charge in [-0.15, -0.1) is 0 Å². The normalized spacial score (nSPS) is 22.5. The minimum Gasteiger partial charge on any atom is -0.356 e. The highest BCUT2D eigenvalue weighted by Crippen LogP contribution is 2.35. The maximum absolute atomic E-state index is 5.92. The summed E-state index contributed by atoms with van der Waals surface area (Å²) < 4.78 is 0. The summed E-state index contributed by atoms with van der Waals surface area (Å²) in [4.78, 5) is 11.2. The quantitative estimate of drug-likeness (QED) is 0.842. The van der Waals surface area contributed by atoms with Crippen molar-refractivity contribution >= 4 is 5.82 Å². The molecule has 1 saturated heterocycles. The third-order valence-electron chi connectivity index (χ3n) is 4.06. The molecule has 4 nitrogen and oxygen atoms in total. The van der Waals surface area contributed by atoms with Crippen molar-refractivity contribution in [1.29, 1.82) is 0 Å². The molecular weight excluding hydrogens is 212 g/mol. The second-order valence-corrected chi connectivity index (χ2v) is 5.25. The van der Waals surface area contributed by atoms with Crippen molar-refractivity contribution in [2.24, 2.45) is 5.73 Å². The molecule has 0 spiro atoms. The molecule has 17 heavy (non-hydrogen) atoms. The molecule has 3 rings (SSSR count). The Hall–Kier alpha value is -1.16. The summed E-state index contributed by atoms with van der Waals surface area (Å²) in [5.74, 6) is 1.78. The minimum absolute atomic E-state index is 0.374. The molecule has 1 aliphatic heterocycles. The highest BCUT2D eigenvalue weighted by Gasteiger charge is 2.23. The Balaban J connectivity index is 1.73. The van der Waals surface area contributed by atoms with Crippen LogP contribution in [-0.2, 0) is 0 Å². The second-order valence-electron chi connectivity index (χ2n) is 5.25. The Bertz CT molecular complexity index is 381. The topological polar surface area (TPSA) is 55.0 Å². The van der Waals surface area contributed by atoms with E-state index in [9.17, 15) is 0 Å². The second kappa shape index (κ2) is 4.61. The van der Waals surface area contributed by atoms with Gasteiger partial charge in [0.1, 0.15) is 12.1 Å². The van der Waals surface area contributed by atoms with Gasteiger partial charge >= 0.3 is 0 Å². The molecule has 0 atom stereocenters. The lowest BCUT2D eigenvalue weighted by Gasteiger charge is -2.32. The van der Waals surface area contributed by atoms with Crippen LogP contribution in [0.4, 0.5) is 5.82 Å². The first-order valence-corrected chi connectivity index (χ1v) is 6.65. The number of rotatable bonds is 2. The number of hydrogen-bond acceptors (Lipinski definition) is 4. The van der Waals surface area contributed by atoms with Crippen LogP contribution >= 0.6 is 0 Å². The number of nitrogens with zero attached hydrogens (tertiary/aromatic N) is 3. The first-order chi connectivity index (χ1) is 8.33. The lowest BCUT2D eigenvalue weighted by molar-refractivity contribution is 0.410. The molecule has 0 aromatic carbocycles. The molecule has 0 radical (unpaired) electrons. The van der Waals surface area contributed by atoms with Crippen molar-refractivity contribution in [1.82, 2.24) is 9.97 Å². The maximum atomic E-state index is 5.92. The SMILES string of the molecule is NC1CCN(c2cc(C3CCC3)ncn2)CC1. The largest absolute Gasteiger partial charge is 0.356 e. The molecule has 0 unspecified atom stereocenters. The van der Waals surface area contributed by atoms with E-state index in [4.69, 9.17) is 5.73 Å². The number of piperidine rings is 1. The van der Waals surface area contributed by atoms with Gasteiger partial charge in [-0.2, -0.15) is 0 Å². The zero-order valence-corrected chi connectivity index (χ0v) is 10.2. The highest BCUT2D eigenvalue weighted by molar-refractivity contribution is 5.40. The Morgan fingerprint density at radius 1 is 1.12 bits per heavy atom. The monoisotopic (exact) mass is 232 g/mol. The van der Waals surface area contributed by atoms with Crippen molar-refractivity contribution in [3.8, 4) is 0 Å². The van der Waals surface area contributed by atoms with Crippen LogP contribution in [0, 0.1) is 0 Å². The third-order valence-corrected chi connectivity index (χ3v) is 4.06. The van der Waals surface area contributed by atoms with Crippen molar-refractivity contribution in [2.75, 3.05) is 18.0 Å².